The van der Waals surface area contributed by atoms with Crippen LogP contribution in [-0.4, -0.2) is 39.2 Å². The zero-order valence-corrected chi connectivity index (χ0v) is 16.3. The van der Waals surface area contributed by atoms with Crippen molar-refractivity contribution in [1.29, 1.82) is 0 Å². The monoisotopic (exact) mass is 366 g/mol. The van der Waals surface area contributed by atoms with E-state index in [1.165, 1.54) is 17.7 Å². The van der Waals surface area contributed by atoms with Crippen LogP contribution in [0.3, 0.4) is 0 Å². The average Bonchev–Trinajstić information content (AvgIpc) is 3.19. The zero-order chi connectivity index (χ0) is 18.9. The minimum Gasteiger partial charge on any atom is -0.495 e. The van der Waals surface area contributed by atoms with Gasteiger partial charge in [-0.1, -0.05) is 42.5 Å². The van der Waals surface area contributed by atoms with E-state index in [0.717, 1.165) is 37.9 Å². The highest BCUT2D eigenvalue weighted by molar-refractivity contribution is 5.79. The Morgan fingerprint density at radius 2 is 1.89 bits per heavy atom. The first-order chi connectivity index (χ1) is 13.3. The van der Waals surface area contributed by atoms with Gasteiger partial charge in [0.1, 0.15) is 5.75 Å². The van der Waals surface area contributed by atoms with Crippen molar-refractivity contribution in [2.75, 3.05) is 38.2 Å². The molecule has 0 aromatic heterocycles. The fourth-order valence-corrected chi connectivity index (χ4v) is 3.45. The number of para-hydroxylation sites is 2. The second kappa shape index (κ2) is 9.86. The molecule has 2 N–H and O–H groups in total. The number of aliphatic imine (C=N–C) groups is 1. The number of hydrogen-bond donors (Lipinski definition) is 2. The summed E-state index contributed by atoms with van der Waals surface area (Å²) in [6, 6.07) is 18.6. The second-order valence-electron chi connectivity index (χ2n) is 6.83. The molecule has 0 saturated carbocycles. The van der Waals surface area contributed by atoms with Crippen LogP contribution in [0.2, 0.25) is 0 Å². The fourth-order valence-electron chi connectivity index (χ4n) is 3.45. The number of hydrogen-bond acceptors (Lipinski definition) is 3. The van der Waals surface area contributed by atoms with Gasteiger partial charge >= 0.3 is 0 Å². The van der Waals surface area contributed by atoms with Gasteiger partial charge in [0.2, 0.25) is 0 Å². The highest BCUT2D eigenvalue weighted by atomic mass is 16.5. The largest absolute Gasteiger partial charge is 0.495 e. The Bertz CT molecular complexity index is 732. The van der Waals surface area contributed by atoms with Crippen LogP contribution in [0.25, 0.3) is 0 Å². The number of nitrogens with zero attached hydrogens (tertiary/aromatic N) is 2. The third-order valence-electron chi connectivity index (χ3n) is 4.88. The molecule has 1 fully saturated rings. The van der Waals surface area contributed by atoms with E-state index in [1.54, 1.807) is 7.11 Å². The Balaban J connectivity index is 1.53. The summed E-state index contributed by atoms with van der Waals surface area (Å²) in [6.07, 6.45) is 1.17. The molecule has 2 aromatic rings. The molecular formula is C22H30N4O. The Morgan fingerprint density at radius 3 is 2.67 bits per heavy atom. The normalized spacial score (nSPS) is 17.0. The Morgan fingerprint density at radius 1 is 1.11 bits per heavy atom. The van der Waals surface area contributed by atoms with E-state index in [1.807, 2.05) is 18.2 Å². The van der Waals surface area contributed by atoms with Gasteiger partial charge < -0.3 is 20.3 Å². The number of methoxy groups -OCH3 is 1. The van der Waals surface area contributed by atoms with Crippen LogP contribution in [-0.2, 0) is 6.54 Å². The molecule has 1 heterocycles. The molecule has 144 valence electrons. The Kier molecular flexibility index (Phi) is 6.97. The van der Waals surface area contributed by atoms with Crippen molar-refractivity contribution >= 4 is 11.6 Å². The van der Waals surface area contributed by atoms with Gasteiger partial charge in [0, 0.05) is 26.2 Å². The summed E-state index contributed by atoms with van der Waals surface area (Å²) in [4.78, 5) is 7.13. The van der Waals surface area contributed by atoms with Crippen LogP contribution in [0.15, 0.2) is 59.6 Å². The van der Waals surface area contributed by atoms with Crippen LogP contribution >= 0.6 is 0 Å². The maximum absolute atomic E-state index is 5.51. The smallest absolute Gasteiger partial charge is 0.191 e. The molecule has 0 bridgehead atoms. The molecule has 1 aliphatic rings. The number of anilines is 1. The average molecular weight is 367 g/mol. The van der Waals surface area contributed by atoms with Crippen LogP contribution in [0.1, 0.15) is 18.9 Å². The third-order valence-corrected chi connectivity index (χ3v) is 4.88. The molecule has 3 rings (SSSR count). The van der Waals surface area contributed by atoms with Gasteiger partial charge in [0.05, 0.1) is 19.3 Å². The lowest BCUT2D eigenvalue weighted by molar-refractivity contribution is 0.414. The summed E-state index contributed by atoms with van der Waals surface area (Å²) in [5, 5.41) is 6.86. The minimum atomic E-state index is 0.593. The molecule has 1 unspecified atom stereocenters. The molecule has 0 radical (unpaired) electrons. The highest BCUT2D eigenvalue weighted by Gasteiger charge is 2.24. The molecule has 27 heavy (non-hydrogen) atoms. The van der Waals surface area contributed by atoms with Crippen molar-refractivity contribution in [2.45, 2.75) is 19.9 Å². The van der Waals surface area contributed by atoms with Gasteiger partial charge in [-0.15, -0.1) is 0 Å². The molecule has 5 heteroatoms. The van der Waals surface area contributed by atoms with E-state index < -0.39 is 0 Å². The SMILES string of the molecule is CCNC(=NCc1ccccc1)NCC1CCN(c2ccccc2OC)C1. The van der Waals surface area contributed by atoms with Gasteiger partial charge in [-0.3, -0.25) is 0 Å². The maximum Gasteiger partial charge on any atom is 0.191 e. The molecule has 5 nitrogen and oxygen atoms in total. The second-order valence-corrected chi connectivity index (χ2v) is 6.83. The molecular weight excluding hydrogens is 336 g/mol. The first kappa shape index (κ1) is 19.1. The van der Waals surface area contributed by atoms with E-state index in [0.29, 0.717) is 12.5 Å². The quantitative estimate of drug-likeness (QED) is 0.583. The minimum absolute atomic E-state index is 0.593. The fraction of sp³-hybridized carbons (Fsp3) is 0.409. The van der Waals surface area contributed by atoms with Gasteiger partial charge in [-0.05, 0) is 37.0 Å². The van der Waals surface area contributed by atoms with E-state index in [9.17, 15) is 0 Å². The molecule has 2 aromatic carbocycles. The van der Waals surface area contributed by atoms with Gasteiger partial charge in [-0.2, -0.15) is 0 Å². The van der Waals surface area contributed by atoms with Crippen LogP contribution < -0.4 is 20.3 Å². The van der Waals surface area contributed by atoms with Gasteiger partial charge in [-0.25, -0.2) is 4.99 Å². The number of rotatable bonds is 7. The summed E-state index contributed by atoms with van der Waals surface area (Å²) in [5.74, 6) is 2.43. The lowest BCUT2D eigenvalue weighted by Crippen LogP contribution is -2.40. The number of benzene rings is 2. The van der Waals surface area contributed by atoms with Crippen molar-refractivity contribution in [2.24, 2.45) is 10.9 Å². The van der Waals surface area contributed by atoms with E-state index in [2.05, 4.69) is 58.9 Å². The van der Waals surface area contributed by atoms with Crippen LogP contribution in [0.4, 0.5) is 5.69 Å². The number of guanidine groups is 1. The molecule has 1 atom stereocenters. The van der Waals surface area contributed by atoms with E-state index >= 15 is 0 Å². The summed E-state index contributed by atoms with van der Waals surface area (Å²) in [6.45, 7) is 6.66. The highest BCUT2D eigenvalue weighted by Crippen LogP contribution is 2.31. The van der Waals surface area contributed by atoms with Crippen LogP contribution in [0.5, 0.6) is 5.75 Å². The van der Waals surface area contributed by atoms with Gasteiger partial charge in [0.15, 0.2) is 5.96 Å². The predicted molar refractivity (Wildman–Crippen MR) is 113 cm³/mol. The predicted octanol–water partition coefficient (Wildman–Crippen LogP) is 3.28. The number of ether oxygens (including phenoxy) is 1. The molecule has 1 saturated heterocycles. The molecule has 0 amide bonds. The summed E-state index contributed by atoms with van der Waals surface area (Å²) in [7, 11) is 1.74. The maximum atomic E-state index is 5.51. The Hall–Kier alpha value is -2.69. The van der Waals surface area contributed by atoms with Crippen molar-refractivity contribution in [3.8, 4) is 5.75 Å². The zero-order valence-electron chi connectivity index (χ0n) is 16.3. The Labute approximate surface area is 162 Å². The topological polar surface area (TPSA) is 48.9 Å². The lowest BCUT2D eigenvalue weighted by atomic mass is 10.1. The first-order valence-corrected chi connectivity index (χ1v) is 9.74. The van der Waals surface area contributed by atoms with Crippen molar-refractivity contribution in [1.82, 2.24) is 10.6 Å². The lowest BCUT2D eigenvalue weighted by Gasteiger charge is -2.21. The summed E-state index contributed by atoms with van der Waals surface area (Å²) >= 11 is 0. The third kappa shape index (κ3) is 5.39. The molecule has 0 spiro atoms. The van der Waals surface area contributed by atoms with Crippen molar-refractivity contribution in [3.05, 3.63) is 60.2 Å². The molecule has 0 aliphatic carbocycles. The van der Waals surface area contributed by atoms with Crippen LogP contribution in [0, 0.1) is 5.92 Å². The standard InChI is InChI=1S/C22H30N4O/c1-3-23-22(24-15-18-9-5-4-6-10-18)25-16-19-13-14-26(17-19)20-11-7-8-12-21(20)27-2/h4-12,19H,3,13-17H2,1-2H3,(H2,23,24,25). The van der Waals surface area contributed by atoms with E-state index in [-0.39, 0.29) is 0 Å². The van der Waals surface area contributed by atoms with Crippen molar-refractivity contribution < 1.29 is 4.74 Å². The number of nitrogens with one attached hydrogen (secondary N) is 2. The van der Waals surface area contributed by atoms with E-state index in [4.69, 9.17) is 9.73 Å². The summed E-state index contributed by atoms with van der Waals surface area (Å²) < 4.78 is 5.51. The van der Waals surface area contributed by atoms with Gasteiger partial charge in [0.25, 0.3) is 0 Å². The summed E-state index contributed by atoms with van der Waals surface area (Å²) in [5.41, 5.74) is 2.41. The molecule has 1 aliphatic heterocycles. The first-order valence-electron chi connectivity index (χ1n) is 9.74. The van der Waals surface area contributed by atoms with Crippen molar-refractivity contribution in [3.63, 3.8) is 0 Å².